The number of carboxylic acids is 1. The molecule has 9 heteroatoms. The average Bonchev–Trinajstić information content (AvgIpc) is 2.81. The lowest BCUT2D eigenvalue weighted by molar-refractivity contribution is -0.142. The van der Waals surface area contributed by atoms with Crippen LogP contribution in [0.1, 0.15) is 31.4 Å². The van der Waals surface area contributed by atoms with Gasteiger partial charge in [-0.2, -0.15) is 0 Å². The number of alkyl carbamates (subject to hydrolysis) is 1. The number of rotatable bonds is 12. The normalized spacial score (nSPS) is 12.3. The Morgan fingerprint density at radius 1 is 0.853 bits per heavy atom. The van der Waals surface area contributed by atoms with E-state index < -0.39 is 36.0 Å². The first-order valence-corrected chi connectivity index (χ1v) is 11.1. The quantitative estimate of drug-likeness (QED) is 0.377. The van der Waals surface area contributed by atoms with Crippen LogP contribution in [-0.4, -0.2) is 47.6 Å². The largest absolute Gasteiger partial charge is 0.480 e. The van der Waals surface area contributed by atoms with Gasteiger partial charge in [0.1, 0.15) is 25.2 Å². The first-order chi connectivity index (χ1) is 16.2. The molecule has 0 saturated carbocycles. The maximum Gasteiger partial charge on any atom is 0.407 e. The molecule has 0 aliphatic carbocycles. The second-order valence-electron chi connectivity index (χ2n) is 8.25. The monoisotopic (exact) mass is 469 g/mol. The highest BCUT2D eigenvalue weighted by Gasteiger charge is 2.27. The van der Waals surface area contributed by atoms with E-state index in [1.54, 1.807) is 36.4 Å². The van der Waals surface area contributed by atoms with Gasteiger partial charge in [0.2, 0.25) is 11.8 Å². The Labute approximate surface area is 198 Å². The number of aliphatic carboxylic acids is 1. The predicted octanol–water partition coefficient (Wildman–Crippen LogP) is 2.26. The van der Waals surface area contributed by atoms with Crippen molar-refractivity contribution in [1.82, 2.24) is 16.0 Å². The van der Waals surface area contributed by atoms with E-state index in [1.807, 2.05) is 38.1 Å². The minimum atomic E-state index is -1.17. The summed E-state index contributed by atoms with van der Waals surface area (Å²) in [5.41, 5.74) is 1.57. The highest BCUT2D eigenvalue weighted by atomic mass is 16.5. The summed E-state index contributed by atoms with van der Waals surface area (Å²) < 4.78 is 5.06. The SMILES string of the molecule is CC(C)CC(NC(=O)CNC(=O)OCc1ccccc1)C(=O)NC(Cc1ccccc1)C(=O)O. The van der Waals surface area contributed by atoms with Crippen molar-refractivity contribution >= 4 is 23.9 Å². The van der Waals surface area contributed by atoms with Crippen LogP contribution in [0.2, 0.25) is 0 Å². The minimum absolute atomic E-state index is 0.0530. The second-order valence-corrected chi connectivity index (χ2v) is 8.25. The number of hydrogen-bond donors (Lipinski definition) is 4. The molecule has 0 heterocycles. The van der Waals surface area contributed by atoms with Gasteiger partial charge < -0.3 is 25.8 Å². The zero-order valence-corrected chi connectivity index (χ0v) is 19.3. The molecule has 4 N–H and O–H groups in total. The van der Waals surface area contributed by atoms with Crippen LogP contribution in [0.4, 0.5) is 4.79 Å². The summed E-state index contributed by atoms with van der Waals surface area (Å²) in [7, 11) is 0. The molecule has 2 aromatic rings. The van der Waals surface area contributed by atoms with Crippen LogP contribution in [0.25, 0.3) is 0 Å². The summed E-state index contributed by atoms with van der Waals surface area (Å²) in [6, 6.07) is 15.9. The smallest absolute Gasteiger partial charge is 0.407 e. The molecule has 0 saturated heterocycles. The molecule has 0 fully saturated rings. The van der Waals surface area contributed by atoms with Gasteiger partial charge in [-0.15, -0.1) is 0 Å². The fraction of sp³-hybridized carbons (Fsp3) is 0.360. The molecule has 2 aromatic carbocycles. The summed E-state index contributed by atoms with van der Waals surface area (Å²) in [5.74, 6) is -2.31. The standard InChI is InChI=1S/C25H31N3O6/c1-17(2)13-20(23(30)28-21(24(31)32)14-18-9-5-3-6-10-18)27-22(29)15-26-25(33)34-16-19-11-7-4-8-12-19/h3-12,17,20-21H,13-16H2,1-2H3,(H,26,33)(H,27,29)(H,28,30)(H,31,32). The lowest BCUT2D eigenvalue weighted by Gasteiger charge is -2.23. The summed E-state index contributed by atoms with van der Waals surface area (Å²) in [6.07, 6.45) is -0.357. The number of carbonyl (C=O) groups excluding carboxylic acids is 3. The zero-order valence-electron chi connectivity index (χ0n) is 19.3. The van der Waals surface area contributed by atoms with Gasteiger partial charge in [0.15, 0.2) is 0 Å². The van der Waals surface area contributed by atoms with Crippen molar-refractivity contribution < 1.29 is 29.0 Å². The van der Waals surface area contributed by atoms with Crippen molar-refractivity contribution in [2.75, 3.05) is 6.54 Å². The predicted molar refractivity (Wildman–Crippen MR) is 126 cm³/mol. The fourth-order valence-electron chi connectivity index (χ4n) is 3.20. The molecule has 2 rings (SSSR count). The van der Waals surface area contributed by atoms with Gasteiger partial charge in [0.05, 0.1) is 0 Å². The lowest BCUT2D eigenvalue weighted by Crippen LogP contribution is -2.54. The van der Waals surface area contributed by atoms with Gasteiger partial charge in [0.25, 0.3) is 0 Å². The Bertz CT molecular complexity index is 950. The zero-order chi connectivity index (χ0) is 24.9. The number of amides is 3. The van der Waals surface area contributed by atoms with Crippen molar-refractivity contribution in [3.8, 4) is 0 Å². The van der Waals surface area contributed by atoms with Crippen LogP contribution < -0.4 is 16.0 Å². The van der Waals surface area contributed by atoms with Crippen molar-refractivity contribution in [3.63, 3.8) is 0 Å². The van der Waals surface area contributed by atoms with Gasteiger partial charge in [-0.25, -0.2) is 9.59 Å². The fourth-order valence-corrected chi connectivity index (χ4v) is 3.20. The van der Waals surface area contributed by atoms with E-state index >= 15 is 0 Å². The first kappa shape index (κ1) is 26.4. The Hall–Kier alpha value is -3.88. The molecule has 3 amide bonds. The lowest BCUT2D eigenvalue weighted by atomic mass is 10.0. The van der Waals surface area contributed by atoms with Crippen LogP contribution in [0.15, 0.2) is 60.7 Å². The van der Waals surface area contributed by atoms with E-state index in [4.69, 9.17) is 4.74 Å². The molecule has 0 bridgehead atoms. The Balaban J connectivity index is 1.88. The Morgan fingerprint density at radius 2 is 1.44 bits per heavy atom. The van der Waals surface area contributed by atoms with E-state index in [2.05, 4.69) is 16.0 Å². The average molecular weight is 470 g/mol. The highest BCUT2D eigenvalue weighted by molar-refractivity contribution is 5.91. The van der Waals surface area contributed by atoms with Gasteiger partial charge in [-0.05, 0) is 23.5 Å². The molecule has 0 aromatic heterocycles. The molecule has 0 aliphatic heterocycles. The Kier molecular flexibility index (Phi) is 10.6. The first-order valence-electron chi connectivity index (χ1n) is 11.1. The second kappa shape index (κ2) is 13.6. The molecule has 0 aliphatic rings. The topological polar surface area (TPSA) is 134 Å². The van der Waals surface area contributed by atoms with Crippen LogP contribution in [0.5, 0.6) is 0 Å². The van der Waals surface area contributed by atoms with Crippen molar-refractivity contribution in [1.29, 1.82) is 0 Å². The third kappa shape index (κ3) is 9.72. The third-order valence-corrected chi connectivity index (χ3v) is 4.86. The van der Waals surface area contributed by atoms with Crippen LogP contribution >= 0.6 is 0 Å². The molecular weight excluding hydrogens is 438 g/mol. The van der Waals surface area contributed by atoms with Crippen molar-refractivity contribution in [2.45, 2.75) is 45.4 Å². The number of nitrogens with one attached hydrogen (secondary N) is 3. The van der Waals surface area contributed by atoms with E-state index in [0.717, 1.165) is 11.1 Å². The Morgan fingerprint density at radius 3 is 2.00 bits per heavy atom. The molecule has 34 heavy (non-hydrogen) atoms. The van der Waals surface area contributed by atoms with Crippen molar-refractivity contribution in [2.24, 2.45) is 5.92 Å². The van der Waals surface area contributed by atoms with Crippen LogP contribution in [-0.2, 0) is 32.1 Å². The molecule has 0 spiro atoms. The maximum atomic E-state index is 12.8. The van der Waals surface area contributed by atoms with E-state index in [0.29, 0.717) is 6.42 Å². The molecule has 182 valence electrons. The number of benzene rings is 2. The van der Waals surface area contributed by atoms with Gasteiger partial charge in [0, 0.05) is 6.42 Å². The van der Waals surface area contributed by atoms with Gasteiger partial charge in [-0.3, -0.25) is 9.59 Å². The maximum absolute atomic E-state index is 12.8. The molecule has 2 atom stereocenters. The highest BCUT2D eigenvalue weighted by Crippen LogP contribution is 2.08. The van der Waals surface area contributed by atoms with Gasteiger partial charge >= 0.3 is 12.1 Å². The van der Waals surface area contributed by atoms with E-state index in [-0.39, 0.29) is 25.5 Å². The van der Waals surface area contributed by atoms with E-state index in [9.17, 15) is 24.3 Å². The van der Waals surface area contributed by atoms with E-state index in [1.165, 1.54) is 0 Å². The summed E-state index contributed by atoms with van der Waals surface area (Å²) >= 11 is 0. The molecule has 9 nitrogen and oxygen atoms in total. The number of ether oxygens (including phenoxy) is 1. The molecule has 2 unspecified atom stereocenters. The molecular formula is C25H31N3O6. The van der Waals surface area contributed by atoms with Crippen LogP contribution in [0, 0.1) is 5.92 Å². The third-order valence-electron chi connectivity index (χ3n) is 4.86. The van der Waals surface area contributed by atoms with Gasteiger partial charge in [-0.1, -0.05) is 74.5 Å². The van der Waals surface area contributed by atoms with Crippen molar-refractivity contribution in [3.05, 3.63) is 71.8 Å². The summed E-state index contributed by atoms with van der Waals surface area (Å²) in [4.78, 5) is 48.7. The minimum Gasteiger partial charge on any atom is -0.480 e. The number of carbonyl (C=O) groups is 4. The number of hydrogen-bond acceptors (Lipinski definition) is 5. The summed E-state index contributed by atoms with van der Waals surface area (Å²) in [5, 5.41) is 17.0. The number of carboxylic acid groups (broad SMARTS) is 1. The molecule has 0 radical (unpaired) electrons. The summed E-state index contributed by atoms with van der Waals surface area (Å²) in [6.45, 7) is 3.43. The van der Waals surface area contributed by atoms with Crippen LogP contribution in [0.3, 0.4) is 0 Å².